The molecule has 0 aliphatic carbocycles. The second-order valence-electron chi connectivity index (χ2n) is 5.35. The Labute approximate surface area is 148 Å². The first kappa shape index (κ1) is 19.3. The lowest BCUT2D eigenvalue weighted by Crippen LogP contribution is -2.38. The normalized spacial score (nSPS) is 10.9. The number of benzene rings is 2. The Hall–Kier alpha value is -3.03. The van der Waals surface area contributed by atoms with Crippen LogP contribution >= 0.6 is 0 Å². The summed E-state index contributed by atoms with van der Waals surface area (Å²) in [5.41, 5.74) is -0.470. The molecule has 0 saturated heterocycles. The second-order valence-corrected chi connectivity index (χ2v) is 5.35. The standard InChI is InChI=1S/C18H17F3N2O3/c19-18(20,21)14-6-4-5-13(9-14)10-22-16(24)11-23-17(25)12-26-15-7-2-1-3-8-15/h1-9H,10-12H2,(H,22,24)(H,23,25). The Morgan fingerprint density at radius 1 is 0.923 bits per heavy atom. The molecule has 2 rings (SSSR count). The lowest BCUT2D eigenvalue weighted by atomic mass is 10.1. The first-order chi connectivity index (χ1) is 12.3. The van der Waals surface area contributed by atoms with E-state index < -0.39 is 23.6 Å². The third-order valence-electron chi connectivity index (χ3n) is 3.30. The highest BCUT2D eigenvalue weighted by atomic mass is 19.4. The van der Waals surface area contributed by atoms with Crippen molar-refractivity contribution >= 4 is 11.8 Å². The number of alkyl halides is 3. The molecule has 0 fully saturated rings. The zero-order valence-corrected chi connectivity index (χ0v) is 13.7. The second kappa shape index (κ2) is 8.89. The van der Waals surface area contributed by atoms with Crippen LogP contribution in [0.1, 0.15) is 11.1 Å². The molecule has 0 radical (unpaired) electrons. The van der Waals surface area contributed by atoms with Crippen molar-refractivity contribution in [1.29, 1.82) is 0 Å². The average Bonchev–Trinajstić information content (AvgIpc) is 2.63. The smallest absolute Gasteiger partial charge is 0.416 e. The molecule has 0 spiro atoms. The van der Waals surface area contributed by atoms with Crippen LogP contribution in [0.3, 0.4) is 0 Å². The molecule has 2 N–H and O–H groups in total. The van der Waals surface area contributed by atoms with Crippen LogP contribution in [-0.2, 0) is 22.3 Å². The topological polar surface area (TPSA) is 67.4 Å². The number of halogens is 3. The van der Waals surface area contributed by atoms with Gasteiger partial charge in [0, 0.05) is 6.54 Å². The van der Waals surface area contributed by atoms with Crippen molar-refractivity contribution in [2.75, 3.05) is 13.2 Å². The highest BCUT2D eigenvalue weighted by Crippen LogP contribution is 2.29. The van der Waals surface area contributed by atoms with Crippen LogP contribution in [0.25, 0.3) is 0 Å². The van der Waals surface area contributed by atoms with Gasteiger partial charge < -0.3 is 15.4 Å². The Balaban J connectivity index is 1.71. The van der Waals surface area contributed by atoms with Gasteiger partial charge >= 0.3 is 6.18 Å². The number of ether oxygens (including phenoxy) is 1. The summed E-state index contributed by atoms with van der Waals surface area (Å²) in [5, 5.41) is 4.81. The quantitative estimate of drug-likeness (QED) is 0.791. The summed E-state index contributed by atoms with van der Waals surface area (Å²) in [6.07, 6.45) is -4.44. The van der Waals surface area contributed by atoms with Crippen molar-refractivity contribution in [3.8, 4) is 5.75 Å². The molecule has 0 atom stereocenters. The summed E-state index contributed by atoms with van der Waals surface area (Å²) in [5.74, 6) is -0.477. The van der Waals surface area contributed by atoms with Gasteiger partial charge in [0.15, 0.2) is 6.61 Å². The molecular formula is C18H17F3N2O3. The maximum absolute atomic E-state index is 12.6. The summed E-state index contributed by atoms with van der Waals surface area (Å²) in [4.78, 5) is 23.3. The fourth-order valence-electron chi connectivity index (χ4n) is 2.02. The van der Waals surface area contributed by atoms with Crippen LogP contribution in [0.15, 0.2) is 54.6 Å². The van der Waals surface area contributed by atoms with Gasteiger partial charge in [-0.15, -0.1) is 0 Å². The molecule has 0 aromatic heterocycles. The van der Waals surface area contributed by atoms with E-state index in [0.717, 1.165) is 12.1 Å². The van der Waals surface area contributed by atoms with E-state index in [-0.39, 0.29) is 19.7 Å². The molecule has 26 heavy (non-hydrogen) atoms. The van der Waals surface area contributed by atoms with Gasteiger partial charge in [-0.1, -0.05) is 30.3 Å². The van der Waals surface area contributed by atoms with E-state index in [1.54, 1.807) is 24.3 Å². The zero-order valence-electron chi connectivity index (χ0n) is 13.7. The van der Waals surface area contributed by atoms with E-state index in [1.165, 1.54) is 12.1 Å². The van der Waals surface area contributed by atoms with Gasteiger partial charge in [-0.3, -0.25) is 9.59 Å². The Bertz CT molecular complexity index is 749. The van der Waals surface area contributed by atoms with Gasteiger partial charge in [-0.2, -0.15) is 13.2 Å². The van der Waals surface area contributed by atoms with E-state index in [9.17, 15) is 22.8 Å². The average molecular weight is 366 g/mol. The fourth-order valence-corrected chi connectivity index (χ4v) is 2.02. The number of hydrogen-bond donors (Lipinski definition) is 2. The van der Waals surface area contributed by atoms with Gasteiger partial charge in [0.25, 0.3) is 5.91 Å². The minimum atomic E-state index is -4.44. The van der Waals surface area contributed by atoms with Crippen molar-refractivity contribution in [2.24, 2.45) is 0 Å². The van der Waals surface area contributed by atoms with Crippen LogP contribution < -0.4 is 15.4 Å². The van der Waals surface area contributed by atoms with Crippen LogP contribution in [0.2, 0.25) is 0 Å². The largest absolute Gasteiger partial charge is 0.484 e. The number of para-hydroxylation sites is 1. The zero-order chi connectivity index (χ0) is 19.0. The molecule has 8 heteroatoms. The van der Waals surface area contributed by atoms with E-state index in [4.69, 9.17) is 4.74 Å². The van der Waals surface area contributed by atoms with Crippen molar-refractivity contribution in [1.82, 2.24) is 10.6 Å². The van der Waals surface area contributed by atoms with Crippen molar-refractivity contribution in [2.45, 2.75) is 12.7 Å². The molecule has 0 unspecified atom stereocenters. The predicted octanol–water partition coefficient (Wildman–Crippen LogP) is 2.52. The number of carbonyl (C=O) groups is 2. The summed E-state index contributed by atoms with van der Waals surface area (Å²) in [6.45, 7) is -0.611. The number of carbonyl (C=O) groups excluding carboxylic acids is 2. The third-order valence-corrected chi connectivity index (χ3v) is 3.30. The minimum absolute atomic E-state index is 0.0703. The fraction of sp³-hybridized carbons (Fsp3) is 0.222. The Morgan fingerprint density at radius 3 is 2.35 bits per heavy atom. The van der Waals surface area contributed by atoms with Crippen molar-refractivity contribution in [3.05, 3.63) is 65.7 Å². The molecule has 5 nitrogen and oxygen atoms in total. The SMILES string of the molecule is O=C(CNC(=O)COc1ccccc1)NCc1cccc(C(F)(F)F)c1. The molecular weight excluding hydrogens is 349 g/mol. The molecule has 2 aromatic carbocycles. The van der Waals surface area contributed by atoms with E-state index >= 15 is 0 Å². The molecule has 0 heterocycles. The van der Waals surface area contributed by atoms with Gasteiger partial charge in [0.1, 0.15) is 5.75 Å². The van der Waals surface area contributed by atoms with Crippen LogP contribution in [0.4, 0.5) is 13.2 Å². The number of rotatable bonds is 7. The van der Waals surface area contributed by atoms with E-state index in [2.05, 4.69) is 10.6 Å². The van der Waals surface area contributed by atoms with Gasteiger partial charge in [-0.25, -0.2) is 0 Å². The molecule has 0 aliphatic heterocycles. The van der Waals surface area contributed by atoms with E-state index in [0.29, 0.717) is 11.3 Å². The summed E-state index contributed by atoms with van der Waals surface area (Å²) < 4.78 is 43.1. The highest BCUT2D eigenvalue weighted by Gasteiger charge is 2.30. The van der Waals surface area contributed by atoms with Crippen LogP contribution in [0, 0.1) is 0 Å². The van der Waals surface area contributed by atoms with Crippen LogP contribution in [0.5, 0.6) is 5.75 Å². The molecule has 138 valence electrons. The highest BCUT2D eigenvalue weighted by molar-refractivity contribution is 5.85. The maximum atomic E-state index is 12.6. The van der Waals surface area contributed by atoms with Gasteiger partial charge in [0.2, 0.25) is 5.91 Å². The monoisotopic (exact) mass is 366 g/mol. The van der Waals surface area contributed by atoms with Gasteiger partial charge in [-0.05, 0) is 29.8 Å². The molecule has 0 bridgehead atoms. The summed E-state index contributed by atoms with van der Waals surface area (Å²) in [7, 11) is 0. The number of amides is 2. The predicted molar refractivity (Wildman–Crippen MR) is 88.2 cm³/mol. The third kappa shape index (κ3) is 6.46. The van der Waals surface area contributed by atoms with Gasteiger partial charge in [0.05, 0.1) is 12.1 Å². The summed E-state index contributed by atoms with van der Waals surface area (Å²) in [6, 6.07) is 13.4. The number of nitrogens with one attached hydrogen (secondary N) is 2. The maximum Gasteiger partial charge on any atom is 0.416 e. The first-order valence-electron chi connectivity index (χ1n) is 7.72. The van der Waals surface area contributed by atoms with Crippen LogP contribution in [-0.4, -0.2) is 25.0 Å². The first-order valence-corrected chi connectivity index (χ1v) is 7.72. The summed E-state index contributed by atoms with van der Waals surface area (Å²) >= 11 is 0. The molecule has 0 aliphatic rings. The lowest BCUT2D eigenvalue weighted by Gasteiger charge is -2.10. The Morgan fingerprint density at radius 2 is 1.65 bits per heavy atom. The van der Waals surface area contributed by atoms with E-state index in [1.807, 2.05) is 6.07 Å². The van der Waals surface area contributed by atoms with Crippen molar-refractivity contribution in [3.63, 3.8) is 0 Å². The molecule has 0 saturated carbocycles. The lowest BCUT2D eigenvalue weighted by molar-refractivity contribution is -0.137. The molecule has 2 aromatic rings. The minimum Gasteiger partial charge on any atom is -0.484 e. The number of hydrogen-bond acceptors (Lipinski definition) is 3. The Kier molecular flexibility index (Phi) is 6.60. The molecule has 2 amide bonds. The van der Waals surface area contributed by atoms with Crippen molar-refractivity contribution < 1.29 is 27.5 Å².